The Bertz CT molecular complexity index is 1770. The number of aromatic nitrogens is 4. The number of hydrogen-bond donors (Lipinski definition) is 1. The molecule has 5 aromatic rings. The van der Waals surface area contributed by atoms with Gasteiger partial charge in [0.2, 0.25) is 0 Å². The maximum absolute atomic E-state index is 14.9. The first-order valence-electron chi connectivity index (χ1n) is 11.3. The lowest BCUT2D eigenvalue weighted by molar-refractivity contribution is 0.102. The smallest absolute Gasteiger partial charge is 0.269 e. The molecule has 12 heteroatoms. The molecule has 0 aliphatic heterocycles. The number of aryl methyl sites for hydroxylation is 1. The molecule has 0 fully saturated rings. The van der Waals surface area contributed by atoms with Gasteiger partial charge in [0.15, 0.2) is 17.4 Å². The number of hydrogen-bond acceptors (Lipinski definition) is 5. The number of carbonyl (C=O) groups is 1. The molecule has 0 spiro atoms. The van der Waals surface area contributed by atoms with Crippen LogP contribution in [0.3, 0.4) is 0 Å². The third-order valence-corrected chi connectivity index (χ3v) is 6.50. The number of benzene rings is 2. The van der Waals surface area contributed by atoms with Crippen LogP contribution in [0.1, 0.15) is 10.4 Å². The monoisotopic (exact) mass is 643 g/mol. The molecule has 8 nitrogen and oxygen atoms in total. The van der Waals surface area contributed by atoms with Gasteiger partial charge in [0, 0.05) is 58.7 Å². The molecular formula is C27H17F3IN5O3. The molecule has 1 N–H and O–H groups in total. The van der Waals surface area contributed by atoms with Crippen LogP contribution in [0, 0.1) is 21.0 Å². The zero-order valence-electron chi connectivity index (χ0n) is 20.0. The van der Waals surface area contributed by atoms with E-state index in [2.05, 4.69) is 15.4 Å². The van der Waals surface area contributed by atoms with Crippen LogP contribution in [0.15, 0.2) is 84.2 Å². The number of anilines is 1. The standard InChI is InChI=1S/C27H17F3IN5O3/c1-35-14-15(13-33-35)22-10-18(6-8-32-22)39-24-12-19(29)23(11-20(24)30)34-26(37)25-21(31)7-9-36(27(25)38)17-4-2-16(28)3-5-17/h2-14H,1H3,(H,34,37). The normalized spacial score (nSPS) is 10.9. The zero-order valence-corrected chi connectivity index (χ0v) is 22.2. The van der Waals surface area contributed by atoms with Crippen molar-refractivity contribution >= 4 is 34.2 Å². The van der Waals surface area contributed by atoms with Gasteiger partial charge < -0.3 is 10.1 Å². The van der Waals surface area contributed by atoms with Crippen molar-refractivity contribution in [3.05, 3.63) is 116 Å². The van der Waals surface area contributed by atoms with Gasteiger partial charge in [-0.3, -0.25) is 23.8 Å². The molecule has 3 aromatic heterocycles. The quantitative estimate of drug-likeness (QED) is 0.240. The van der Waals surface area contributed by atoms with Crippen molar-refractivity contribution in [1.29, 1.82) is 0 Å². The largest absolute Gasteiger partial charge is 0.454 e. The summed E-state index contributed by atoms with van der Waals surface area (Å²) < 4.78 is 51.7. The fourth-order valence-corrected chi connectivity index (χ4v) is 4.36. The third kappa shape index (κ3) is 5.55. The van der Waals surface area contributed by atoms with Crippen molar-refractivity contribution in [1.82, 2.24) is 19.3 Å². The Balaban J connectivity index is 1.39. The Morgan fingerprint density at radius 1 is 1.03 bits per heavy atom. The summed E-state index contributed by atoms with van der Waals surface area (Å²) in [5.74, 6) is -3.56. The average molecular weight is 643 g/mol. The van der Waals surface area contributed by atoms with Gasteiger partial charge >= 0.3 is 0 Å². The maximum Gasteiger partial charge on any atom is 0.269 e. The molecule has 1 amide bonds. The third-order valence-electron chi connectivity index (χ3n) is 5.60. The minimum atomic E-state index is -0.980. The molecule has 196 valence electrons. The summed E-state index contributed by atoms with van der Waals surface area (Å²) in [7, 11) is 1.75. The molecule has 39 heavy (non-hydrogen) atoms. The highest BCUT2D eigenvalue weighted by Crippen LogP contribution is 2.31. The van der Waals surface area contributed by atoms with Gasteiger partial charge in [0.1, 0.15) is 17.1 Å². The Morgan fingerprint density at radius 3 is 2.51 bits per heavy atom. The van der Waals surface area contributed by atoms with Crippen LogP contribution < -0.4 is 15.6 Å². The Kier molecular flexibility index (Phi) is 7.19. The second kappa shape index (κ2) is 10.7. The Labute approximate surface area is 232 Å². The SMILES string of the molecule is Cn1cc(-c2cc(Oc3cc(F)c(NC(=O)c4c(I)ccn(-c5ccc(F)cc5)c4=O)cc3F)ccn2)cn1. The highest BCUT2D eigenvalue weighted by Gasteiger charge is 2.21. The van der Waals surface area contributed by atoms with Gasteiger partial charge in [0.05, 0.1) is 17.6 Å². The van der Waals surface area contributed by atoms with E-state index in [4.69, 9.17) is 4.74 Å². The number of ether oxygens (including phenoxy) is 1. The summed E-state index contributed by atoms with van der Waals surface area (Å²) in [4.78, 5) is 30.3. The molecule has 2 aromatic carbocycles. The summed E-state index contributed by atoms with van der Waals surface area (Å²) in [5.41, 5.74) is 0.0726. The van der Waals surface area contributed by atoms with Crippen LogP contribution in [-0.2, 0) is 7.05 Å². The van der Waals surface area contributed by atoms with E-state index in [-0.39, 0.29) is 14.9 Å². The van der Waals surface area contributed by atoms with E-state index < -0.39 is 40.4 Å². The predicted octanol–water partition coefficient (Wildman–Crippen LogP) is 5.70. The molecule has 0 radical (unpaired) electrons. The molecule has 0 saturated carbocycles. The first kappa shape index (κ1) is 26.2. The topological polar surface area (TPSA) is 91.0 Å². The lowest BCUT2D eigenvalue weighted by Crippen LogP contribution is -2.29. The number of rotatable bonds is 6. The number of nitrogens with zero attached hydrogens (tertiary/aromatic N) is 4. The van der Waals surface area contributed by atoms with E-state index in [9.17, 15) is 22.8 Å². The maximum atomic E-state index is 14.9. The highest BCUT2D eigenvalue weighted by molar-refractivity contribution is 14.1. The summed E-state index contributed by atoms with van der Waals surface area (Å²) >= 11 is 1.79. The van der Waals surface area contributed by atoms with Crippen LogP contribution in [0.25, 0.3) is 16.9 Å². The van der Waals surface area contributed by atoms with Gasteiger partial charge in [-0.15, -0.1) is 0 Å². The second-order valence-corrected chi connectivity index (χ2v) is 9.45. The van der Waals surface area contributed by atoms with E-state index >= 15 is 0 Å². The van der Waals surface area contributed by atoms with Crippen LogP contribution in [0.4, 0.5) is 18.9 Å². The van der Waals surface area contributed by atoms with Crippen LogP contribution in [0.5, 0.6) is 11.5 Å². The van der Waals surface area contributed by atoms with E-state index in [1.54, 1.807) is 52.8 Å². The van der Waals surface area contributed by atoms with Crippen LogP contribution >= 0.6 is 22.6 Å². The molecular weight excluding hydrogens is 626 g/mol. The molecule has 0 atom stereocenters. The molecule has 3 heterocycles. The van der Waals surface area contributed by atoms with E-state index in [1.165, 1.54) is 48.8 Å². The molecule has 0 bridgehead atoms. The number of pyridine rings is 2. The number of halogens is 4. The summed E-state index contributed by atoms with van der Waals surface area (Å²) in [6, 6.07) is 11.2. The highest BCUT2D eigenvalue weighted by atomic mass is 127. The number of nitrogens with one attached hydrogen (secondary N) is 1. The van der Waals surface area contributed by atoms with Crippen molar-refractivity contribution in [3.63, 3.8) is 0 Å². The molecule has 0 saturated heterocycles. The van der Waals surface area contributed by atoms with Crippen LogP contribution in [0.2, 0.25) is 0 Å². The lowest BCUT2D eigenvalue weighted by Gasteiger charge is -2.13. The number of carbonyl (C=O) groups excluding carboxylic acids is 1. The van der Waals surface area contributed by atoms with Crippen molar-refractivity contribution < 1.29 is 22.7 Å². The van der Waals surface area contributed by atoms with E-state index in [1.807, 2.05) is 0 Å². The predicted molar refractivity (Wildman–Crippen MR) is 146 cm³/mol. The molecule has 0 aliphatic rings. The minimum absolute atomic E-state index is 0.208. The molecule has 0 unspecified atom stereocenters. The first-order chi connectivity index (χ1) is 18.7. The van der Waals surface area contributed by atoms with Crippen molar-refractivity contribution in [2.75, 3.05) is 5.32 Å². The summed E-state index contributed by atoms with van der Waals surface area (Å²) in [6.07, 6.45) is 6.23. The van der Waals surface area contributed by atoms with Crippen molar-refractivity contribution in [3.8, 4) is 28.4 Å². The fourth-order valence-electron chi connectivity index (χ4n) is 3.72. The van der Waals surface area contributed by atoms with E-state index in [0.29, 0.717) is 16.9 Å². The summed E-state index contributed by atoms with van der Waals surface area (Å²) in [6.45, 7) is 0. The fraction of sp³-hybridized carbons (Fsp3) is 0.0370. The Hall–Kier alpha value is -4.46. The van der Waals surface area contributed by atoms with E-state index in [0.717, 1.165) is 16.7 Å². The molecule has 5 rings (SSSR count). The van der Waals surface area contributed by atoms with Gasteiger partial charge in [-0.2, -0.15) is 5.10 Å². The summed E-state index contributed by atoms with van der Waals surface area (Å²) in [5, 5.41) is 6.33. The lowest BCUT2D eigenvalue weighted by atomic mass is 10.2. The number of amides is 1. The Morgan fingerprint density at radius 2 is 1.79 bits per heavy atom. The van der Waals surface area contributed by atoms with Gasteiger partial charge in [0.25, 0.3) is 11.5 Å². The van der Waals surface area contributed by atoms with Crippen molar-refractivity contribution in [2.24, 2.45) is 7.05 Å². The molecule has 0 aliphatic carbocycles. The van der Waals surface area contributed by atoms with Gasteiger partial charge in [-0.1, -0.05) is 0 Å². The second-order valence-electron chi connectivity index (χ2n) is 8.29. The average Bonchev–Trinajstić information content (AvgIpc) is 3.34. The van der Waals surface area contributed by atoms with Crippen molar-refractivity contribution in [2.45, 2.75) is 0 Å². The zero-order chi connectivity index (χ0) is 27.7. The minimum Gasteiger partial charge on any atom is -0.454 e. The van der Waals surface area contributed by atoms with Gasteiger partial charge in [-0.25, -0.2) is 13.2 Å². The first-order valence-corrected chi connectivity index (χ1v) is 12.4. The van der Waals surface area contributed by atoms with Crippen LogP contribution in [-0.4, -0.2) is 25.2 Å². The van der Waals surface area contributed by atoms with Gasteiger partial charge in [-0.05, 0) is 59.0 Å².